The Bertz CT molecular complexity index is 748. The van der Waals surface area contributed by atoms with E-state index in [9.17, 15) is 9.59 Å². The molecule has 0 spiro atoms. The molecule has 120 valence electrons. The molecular formula is C18H18O4S. The van der Waals surface area contributed by atoms with Crippen LogP contribution in [-0.4, -0.2) is 23.5 Å². The second-order valence-corrected chi connectivity index (χ2v) is 6.26. The molecule has 5 heteroatoms. The third kappa shape index (κ3) is 4.53. The Kier molecular flexibility index (Phi) is 5.34. The van der Waals surface area contributed by atoms with E-state index in [0.717, 1.165) is 22.3 Å². The zero-order valence-corrected chi connectivity index (χ0v) is 14.1. The number of allylic oxidation sites excluding steroid dienone is 1. The van der Waals surface area contributed by atoms with Gasteiger partial charge >= 0.3 is 5.97 Å². The Labute approximate surface area is 139 Å². The van der Waals surface area contributed by atoms with E-state index in [4.69, 9.17) is 9.84 Å². The second-order valence-electron chi connectivity index (χ2n) is 5.35. The first kappa shape index (κ1) is 17.0. The molecule has 0 aliphatic rings. The highest BCUT2D eigenvalue weighted by atomic mass is 32.1. The number of aliphatic carboxylic acids is 1. The summed E-state index contributed by atoms with van der Waals surface area (Å²) in [5.74, 6) is -0.459. The number of carbonyl (C=O) groups excluding carboxylic acids is 1. The average Bonchev–Trinajstić information content (AvgIpc) is 2.90. The van der Waals surface area contributed by atoms with E-state index < -0.39 is 5.97 Å². The Balaban J connectivity index is 2.16. The van der Waals surface area contributed by atoms with Crippen LogP contribution in [0.25, 0.3) is 6.08 Å². The predicted octanol–water partition coefficient (Wildman–Crippen LogP) is 4.03. The van der Waals surface area contributed by atoms with Gasteiger partial charge in [-0.1, -0.05) is 6.08 Å². The molecule has 1 aromatic heterocycles. The molecule has 0 aliphatic carbocycles. The molecular weight excluding hydrogens is 312 g/mol. The van der Waals surface area contributed by atoms with Gasteiger partial charge in [-0.25, -0.2) is 4.79 Å². The molecule has 0 amide bonds. The van der Waals surface area contributed by atoms with Crippen molar-refractivity contribution >= 4 is 29.2 Å². The SMILES string of the molecule is Cc1csc(C(=O)C=Cc2cc(C)c(OCC(=O)O)c(C)c2)c1. The first-order valence-electron chi connectivity index (χ1n) is 7.10. The molecule has 2 rings (SSSR count). The molecule has 0 radical (unpaired) electrons. The average molecular weight is 330 g/mol. The summed E-state index contributed by atoms with van der Waals surface area (Å²) in [6, 6.07) is 5.61. The summed E-state index contributed by atoms with van der Waals surface area (Å²) in [6.45, 7) is 5.30. The lowest BCUT2D eigenvalue weighted by atomic mass is 10.0. The van der Waals surface area contributed by atoms with Crippen LogP contribution in [0.4, 0.5) is 0 Å². The molecule has 0 atom stereocenters. The van der Waals surface area contributed by atoms with Gasteiger partial charge in [-0.3, -0.25) is 4.79 Å². The number of aryl methyl sites for hydroxylation is 3. The van der Waals surface area contributed by atoms with Crippen LogP contribution in [0.5, 0.6) is 5.75 Å². The molecule has 1 heterocycles. The molecule has 1 aromatic carbocycles. The van der Waals surface area contributed by atoms with E-state index in [1.54, 1.807) is 12.2 Å². The zero-order chi connectivity index (χ0) is 17.0. The van der Waals surface area contributed by atoms with Crippen LogP contribution in [0.1, 0.15) is 31.9 Å². The van der Waals surface area contributed by atoms with Crippen molar-refractivity contribution in [3.8, 4) is 5.75 Å². The van der Waals surface area contributed by atoms with Crippen molar-refractivity contribution in [3.63, 3.8) is 0 Å². The Morgan fingerprint density at radius 3 is 2.35 bits per heavy atom. The van der Waals surface area contributed by atoms with Crippen molar-refractivity contribution in [2.75, 3.05) is 6.61 Å². The van der Waals surface area contributed by atoms with E-state index in [-0.39, 0.29) is 12.4 Å². The van der Waals surface area contributed by atoms with E-state index in [1.807, 2.05) is 44.4 Å². The first-order chi connectivity index (χ1) is 10.9. The number of carboxylic acids is 1. The molecule has 0 unspecified atom stereocenters. The van der Waals surface area contributed by atoms with Crippen molar-refractivity contribution in [3.05, 3.63) is 56.8 Å². The highest BCUT2D eigenvalue weighted by molar-refractivity contribution is 7.12. The summed E-state index contributed by atoms with van der Waals surface area (Å²) in [5, 5.41) is 10.6. The van der Waals surface area contributed by atoms with Crippen LogP contribution >= 0.6 is 11.3 Å². The van der Waals surface area contributed by atoms with Gasteiger partial charge in [-0.05, 0) is 72.7 Å². The Morgan fingerprint density at radius 1 is 1.17 bits per heavy atom. The van der Waals surface area contributed by atoms with Crippen molar-refractivity contribution in [1.29, 1.82) is 0 Å². The largest absolute Gasteiger partial charge is 0.481 e. The van der Waals surface area contributed by atoms with Crippen LogP contribution in [0.2, 0.25) is 0 Å². The van der Waals surface area contributed by atoms with Crippen LogP contribution < -0.4 is 4.74 Å². The number of carboxylic acid groups (broad SMARTS) is 1. The van der Waals surface area contributed by atoms with Gasteiger partial charge in [-0.15, -0.1) is 11.3 Å². The van der Waals surface area contributed by atoms with Gasteiger partial charge in [0.1, 0.15) is 5.75 Å². The summed E-state index contributed by atoms with van der Waals surface area (Å²) >= 11 is 1.43. The molecule has 0 saturated heterocycles. The number of ketones is 1. The molecule has 2 aromatic rings. The fraction of sp³-hybridized carbons (Fsp3) is 0.222. The lowest BCUT2D eigenvalue weighted by Crippen LogP contribution is -2.11. The molecule has 23 heavy (non-hydrogen) atoms. The Morgan fingerprint density at radius 2 is 1.83 bits per heavy atom. The van der Waals surface area contributed by atoms with Crippen LogP contribution in [0.3, 0.4) is 0 Å². The summed E-state index contributed by atoms with van der Waals surface area (Å²) in [4.78, 5) is 23.4. The van der Waals surface area contributed by atoms with Gasteiger partial charge < -0.3 is 9.84 Å². The summed E-state index contributed by atoms with van der Waals surface area (Å²) < 4.78 is 5.29. The van der Waals surface area contributed by atoms with Crippen molar-refractivity contribution < 1.29 is 19.4 Å². The molecule has 0 saturated carbocycles. The van der Waals surface area contributed by atoms with Gasteiger partial charge in [-0.2, -0.15) is 0 Å². The minimum Gasteiger partial charge on any atom is -0.481 e. The fourth-order valence-corrected chi connectivity index (χ4v) is 3.08. The van der Waals surface area contributed by atoms with E-state index >= 15 is 0 Å². The predicted molar refractivity (Wildman–Crippen MR) is 91.5 cm³/mol. The van der Waals surface area contributed by atoms with Gasteiger partial charge in [0, 0.05) is 0 Å². The number of ether oxygens (including phenoxy) is 1. The summed E-state index contributed by atoms with van der Waals surface area (Å²) in [7, 11) is 0. The highest BCUT2D eigenvalue weighted by Gasteiger charge is 2.08. The van der Waals surface area contributed by atoms with Crippen LogP contribution in [0.15, 0.2) is 29.7 Å². The number of thiophene rings is 1. The molecule has 0 bridgehead atoms. The molecule has 0 fully saturated rings. The number of hydrogen-bond acceptors (Lipinski definition) is 4. The second kappa shape index (κ2) is 7.24. The normalized spacial score (nSPS) is 10.9. The maximum Gasteiger partial charge on any atom is 0.341 e. The van der Waals surface area contributed by atoms with E-state index in [1.165, 1.54) is 11.3 Å². The zero-order valence-electron chi connectivity index (χ0n) is 13.3. The lowest BCUT2D eigenvalue weighted by Gasteiger charge is -2.11. The number of hydrogen-bond donors (Lipinski definition) is 1. The minimum absolute atomic E-state index is 0.0235. The molecule has 1 N–H and O–H groups in total. The standard InChI is InChI=1S/C18H18O4S/c1-11-6-16(23-10-11)15(19)5-4-14-7-12(2)18(13(3)8-14)22-9-17(20)21/h4-8,10H,9H2,1-3H3,(H,20,21). The van der Waals surface area contributed by atoms with Crippen molar-refractivity contribution in [2.45, 2.75) is 20.8 Å². The van der Waals surface area contributed by atoms with Crippen LogP contribution in [0, 0.1) is 20.8 Å². The van der Waals surface area contributed by atoms with Gasteiger partial charge in [0.2, 0.25) is 0 Å². The number of benzene rings is 1. The topological polar surface area (TPSA) is 63.6 Å². The van der Waals surface area contributed by atoms with Crippen LogP contribution in [-0.2, 0) is 4.79 Å². The van der Waals surface area contributed by atoms with E-state index in [0.29, 0.717) is 10.6 Å². The number of carbonyl (C=O) groups is 2. The monoisotopic (exact) mass is 330 g/mol. The van der Waals surface area contributed by atoms with Gasteiger partial charge in [0.15, 0.2) is 12.4 Å². The first-order valence-corrected chi connectivity index (χ1v) is 7.98. The lowest BCUT2D eigenvalue weighted by molar-refractivity contribution is -0.139. The Hall–Kier alpha value is -2.40. The van der Waals surface area contributed by atoms with Gasteiger partial charge in [0.05, 0.1) is 4.88 Å². The van der Waals surface area contributed by atoms with E-state index in [2.05, 4.69) is 0 Å². The van der Waals surface area contributed by atoms with Crippen molar-refractivity contribution in [1.82, 2.24) is 0 Å². The highest BCUT2D eigenvalue weighted by Crippen LogP contribution is 2.25. The maximum atomic E-state index is 12.1. The third-order valence-corrected chi connectivity index (χ3v) is 4.29. The van der Waals surface area contributed by atoms with Crippen molar-refractivity contribution in [2.24, 2.45) is 0 Å². The minimum atomic E-state index is -1.01. The summed E-state index contributed by atoms with van der Waals surface area (Å²) in [5.41, 5.74) is 3.64. The summed E-state index contributed by atoms with van der Waals surface area (Å²) in [6.07, 6.45) is 3.32. The van der Waals surface area contributed by atoms with Gasteiger partial charge in [0.25, 0.3) is 0 Å². The fourth-order valence-electron chi connectivity index (χ4n) is 2.26. The molecule has 0 aliphatic heterocycles. The quantitative estimate of drug-likeness (QED) is 0.641. The number of rotatable bonds is 6. The third-order valence-electron chi connectivity index (χ3n) is 3.22. The smallest absolute Gasteiger partial charge is 0.341 e. The molecule has 4 nitrogen and oxygen atoms in total. The maximum absolute atomic E-state index is 12.1.